The molecule has 1 aliphatic heterocycles. The summed E-state index contributed by atoms with van der Waals surface area (Å²) in [5.41, 5.74) is 0. The first-order valence-corrected chi connectivity index (χ1v) is 8.12. The molecule has 1 aliphatic rings. The van der Waals surface area contributed by atoms with Gasteiger partial charge in [-0.15, -0.1) is 0 Å². The van der Waals surface area contributed by atoms with Gasteiger partial charge in [0.1, 0.15) is 6.61 Å². The summed E-state index contributed by atoms with van der Waals surface area (Å²) in [5, 5.41) is 0. The van der Waals surface area contributed by atoms with Gasteiger partial charge in [-0.2, -0.15) is 0 Å². The van der Waals surface area contributed by atoms with Crippen LogP contribution in [-0.2, 0) is 14.3 Å². The topological polar surface area (TPSA) is 38.8 Å². The molecule has 1 rings (SSSR count). The maximum Gasteiger partial charge on any atom is 0.158 e. The second-order valence-corrected chi connectivity index (χ2v) is 5.79. The van der Waals surface area contributed by atoms with Gasteiger partial charge < -0.3 is 14.4 Å². The standard InChI is InChI=1S/C16H31NO3/c1-3-16(18)14-20-12-5-4-11-19-13-10-17-8-6-15(2)7-9-17/h15H,3-14H2,1-2H3. The van der Waals surface area contributed by atoms with Gasteiger partial charge >= 0.3 is 0 Å². The Labute approximate surface area is 123 Å². The molecule has 0 aliphatic carbocycles. The minimum absolute atomic E-state index is 0.178. The zero-order chi connectivity index (χ0) is 14.6. The van der Waals surface area contributed by atoms with Crippen LogP contribution in [0.25, 0.3) is 0 Å². The van der Waals surface area contributed by atoms with Gasteiger partial charge in [0.2, 0.25) is 0 Å². The lowest BCUT2D eigenvalue weighted by Gasteiger charge is -2.29. The Bertz CT molecular complexity index is 250. The largest absolute Gasteiger partial charge is 0.380 e. The van der Waals surface area contributed by atoms with Crippen molar-refractivity contribution in [2.24, 2.45) is 5.92 Å². The summed E-state index contributed by atoms with van der Waals surface area (Å²) in [5.74, 6) is 1.07. The van der Waals surface area contributed by atoms with Gasteiger partial charge in [0.15, 0.2) is 5.78 Å². The summed E-state index contributed by atoms with van der Waals surface area (Å²) in [6, 6.07) is 0. The van der Waals surface area contributed by atoms with E-state index in [0.29, 0.717) is 13.0 Å². The van der Waals surface area contributed by atoms with Crippen LogP contribution in [0.3, 0.4) is 0 Å². The van der Waals surface area contributed by atoms with Crippen molar-refractivity contribution in [2.45, 2.75) is 46.0 Å². The Balaban J connectivity index is 1.80. The zero-order valence-corrected chi connectivity index (χ0v) is 13.2. The van der Waals surface area contributed by atoms with Crippen LogP contribution in [0.4, 0.5) is 0 Å². The monoisotopic (exact) mass is 285 g/mol. The van der Waals surface area contributed by atoms with Crippen molar-refractivity contribution in [2.75, 3.05) is 46.1 Å². The summed E-state index contributed by atoms with van der Waals surface area (Å²) in [4.78, 5) is 13.5. The quantitative estimate of drug-likeness (QED) is 0.547. The van der Waals surface area contributed by atoms with Gasteiger partial charge in [0.25, 0.3) is 0 Å². The van der Waals surface area contributed by atoms with Crippen LogP contribution in [0.5, 0.6) is 0 Å². The molecule has 1 fully saturated rings. The Hall–Kier alpha value is -0.450. The molecule has 4 nitrogen and oxygen atoms in total. The van der Waals surface area contributed by atoms with Gasteiger partial charge in [-0.25, -0.2) is 0 Å². The molecule has 0 atom stereocenters. The predicted octanol–water partition coefficient (Wildman–Crippen LogP) is 2.51. The number of likely N-dealkylation sites (tertiary alicyclic amines) is 1. The van der Waals surface area contributed by atoms with E-state index in [2.05, 4.69) is 11.8 Å². The van der Waals surface area contributed by atoms with E-state index in [1.807, 2.05) is 6.92 Å². The highest BCUT2D eigenvalue weighted by atomic mass is 16.5. The Kier molecular flexibility index (Phi) is 9.89. The molecule has 0 saturated carbocycles. The molecule has 0 N–H and O–H groups in total. The van der Waals surface area contributed by atoms with E-state index in [9.17, 15) is 4.79 Å². The Morgan fingerprint density at radius 2 is 1.75 bits per heavy atom. The van der Waals surface area contributed by atoms with E-state index in [0.717, 1.165) is 38.5 Å². The number of Topliss-reactive ketones (excluding diaryl/α,β-unsaturated/α-hetero) is 1. The second-order valence-electron chi connectivity index (χ2n) is 5.79. The number of nitrogens with zero attached hydrogens (tertiary/aromatic N) is 1. The highest BCUT2D eigenvalue weighted by Gasteiger charge is 2.14. The van der Waals surface area contributed by atoms with Crippen LogP contribution >= 0.6 is 0 Å². The van der Waals surface area contributed by atoms with Crippen molar-refractivity contribution >= 4 is 5.78 Å². The molecule has 0 aromatic rings. The van der Waals surface area contributed by atoms with Crippen molar-refractivity contribution in [1.82, 2.24) is 4.90 Å². The predicted molar refractivity (Wildman–Crippen MR) is 81.0 cm³/mol. The molecule has 4 heteroatoms. The summed E-state index contributed by atoms with van der Waals surface area (Å²) < 4.78 is 10.9. The third-order valence-electron chi connectivity index (χ3n) is 3.91. The van der Waals surface area contributed by atoms with Crippen LogP contribution in [-0.4, -0.2) is 56.7 Å². The maximum atomic E-state index is 11.0. The molecule has 0 spiro atoms. The fourth-order valence-corrected chi connectivity index (χ4v) is 2.28. The number of hydrogen-bond donors (Lipinski definition) is 0. The fraction of sp³-hybridized carbons (Fsp3) is 0.938. The van der Waals surface area contributed by atoms with E-state index in [1.165, 1.54) is 25.9 Å². The Morgan fingerprint density at radius 3 is 2.40 bits per heavy atom. The third kappa shape index (κ3) is 8.67. The molecule has 0 aromatic carbocycles. The molecule has 0 unspecified atom stereocenters. The van der Waals surface area contributed by atoms with Crippen molar-refractivity contribution in [3.63, 3.8) is 0 Å². The summed E-state index contributed by atoms with van der Waals surface area (Å²) >= 11 is 0. The van der Waals surface area contributed by atoms with Crippen molar-refractivity contribution < 1.29 is 14.3 Å². The lowest BCUT2D eigenvalue weighted by atomic mass is 9.99. The fourth-order valence-electron chi connectivity index (χ4n) is 2.28. The highest BCUT2D eigenvalue weighted by molar-refractivity contribution is 5.79. The lowest BCUT2D eigenvalue weighted by molar-refractivity contribution is -0.123. The van der Waals surface area contributed by atoms with Gasteiger partial charge in [-0.05, 0) is 44.7 Å². The van der Waals surface area contributed by atoms with Gasteiger partial charge in [0, 0.05) is 26.2 Å². The van der Waals surface area contributed by atoms with E-state index in [1.54, 1.807) is 0 Å². The Morgan fingerprint density at radius 1 is 1.10 bits per heavy atom. The summed E-state index contributed by atoms with van der Waals surface area (Å²) in [6.45, 7) is 10.3. The summed E-state index contributed by atoms with van der Waals surface area (Å²) in [6.07, 6.45) is 5.20. The van der Waals surface area contributed by atoms with E-state index in [4.69, 9.17) is 9.47 Å². The zero-order valence-electron chi connectivity index (χ0n) is 13.2. The first kappa shape index (κ1) is 17.6. The first-order valence-electron chi connectivity index (χ1n) is 8.12. The number of rotatable bonds is 11. The van der Waals surface area contributed by atoms with Crippen molar-refractivity contribution in [3.05, 3.63) is 0 Å². The molecule has 0 bridgehead atoms. The second kappa shape index (κ2) is 11.2. The lowest BCUT2D eigenvalue weighted by Crippen LogP contribution is -2.35. The van der Waals surface area contributed by atoms with Gasteiger partial charge in [-0.3, -0.25) is 4.79 Å². The molecule has 0 aromatic heterocycles. The smallest absolute Gasteiger partial charge is 0.158 e. The van der Waals surface area contributed by atoms with Gasteiger partial charge in [-0.1, -0.05) is 13.8 Å². The maximum absolute atomic E-state index is 11.0. The van der Waals surface area contributed by atoms with E-state index in [-0.39, 0.29) is 12.4 Å². The van der Waals surface area contributed by atoms with Crippen molar-refractivity contribution in [3.8, 4) is 0 Å². The number of hydrogen-bond acceptors (Lipinski definition) is 4. The minimum Gasteiger partial charge on any atom is -0.380 e. The van der Waals surface area contributed by atoms with Crippen LogP contribution in [0.1, 0.15) is 46.0 Å². The first-order chi connectivity index (χ1) is 9.72. The number of piperidine rings is 1. The number of carbonyl (C=O) groups excluding carboxylic acids is 1. The third-order valence-corrected chi connectivity index (χ3v) is 3.91. The average molecular weight is 285 g/mol. The van der Waals surface area contributed by atoms with Crippen LogP contribution in [0, 0.1) is 5.92 Å². The number of ether oxygens (including phenoxy) is 2. The minimum atomic E-state index is 0.178. The number of carbonyl (C=O) groups is 1. The normalized spacial score (nSPS) is 17.5. The molecule has 0 amide bonds. The van der Waals surface area contributed by atoms with E-state index < -0.39 is 0 Å². The average Bonchev–Trinajstić information content (AvgIpc) is 2.47. The molecular formula is C16H31NO3. The van der Waals surface area contributed by atoms with Crippen LogP contribution in [0.2, 0.25) is 0 Å². The summed E-state index contributed by atoms with van der Waals surface area (Å²) in [7, 11) is 0. The van der Waals surface area contributed by atoms with Crippen LogP contribution < -0.4 is 0 Å². The SMILES string of the molecule is CCC(=O)COCCCCOCCN1CCC(C)CC1. The molecule has 118 valence electrons. The number of ketones is 1. The van der Waals surface area contributed by atoms with Crippen LogP contribution in [0.15, 0.2) is 0 Å². The molecule has 20 heavy (non-hydrogen) atoms. The molecular weight excluding hydrogens is 254 g/mol. The molecule has 1 saturated heterocycles. The molecule has 1 heterocycles. The molecule has 0 radical (unpaired) electrons. The van der Waals surface area contributed by atoms with E-state index >= 15 is 0 Å². The van der Waals surface area contributed by atoms with Gasteiger partial charge in [0.05, 0.1) is 6.61 Å². The number of unbranched alkanes of at least 4 members (excludes halogenated alkanes) is 1. The van der Waals surface area contributed by atoms with Crippen molar-refractivity contribution in [1.29, 1.82) is 0 Å². The highest BCUT2D eigenvalue weighted by Crippen LogP contribution is 2.15.